The minimum Gasteiger partial charge on any atom is -0.309 e. The molecule has 0 aliphatic rings. The second-order valence-electron chi connectivity index (χ2n) is 16.4. The van der Waals surface area contributed by atoms with Crippen LogP contribution in [-0.2, 0) is 0 Å². The van der Waals surface area contributed by atoms with E-state index in [2.05, 4.69) is 205 Å². The van der Waals surface area contributed by atoms with Gasteiger partial charge in [-0.3, -0.25) is 0 Å². The van der Waals surface area contributed by atoms with Crippen LogP contribution in [0.25, 0.3) is 127 Å². The van der Waals surface area contributed by atoms with Crippen LogP contribution in [0.4, 0.5) is 0 Å². The normalized spacial score (nSPS) is 11.8. The van der Waals surface area contributed by atoms with Gasteiger partial charge in [0.05, 0.1) is 11.0 Å². The highest BCUT2D eigenvalue weighted by molar-refractivity contribution is 6.26. The van der Waals surface area contributed by atoms with Crippen LogP contribution < -0.4 is 0 Å². The zero-order valence-electron chi connectivity index (χ0n) is 34.1. The van der Waals surface area contributed by atoms with E-state index >= 15 is 0 Å². The summed E-state index contributed by atoms with van der Waals surface area (Å²) >= 11 is 0. The van der Waals surface area contributed by atoms with Gasteiger partial charge in [-0.05, 0) is 107 Å². The highest BCUT2D eigenvalue weighted by Gasteiger charge is 2.20. The van der Waals surface area contributed by atoms with Crippen LogP contribution in [0.1, 0.15) is 0 Å². The van der Waals surface area contributed by atoms with E-state index in [1.54, 1.807) is 0 Å². The Morgan fingerprint density at radius 3 is 1.37 bits per heavy atom. The molecule has 13 aromatic rings. The van der Waals surface area contributed by atoms with Crippen molar-refractivity contribution in [1.82, 2.24) is 19.5 Å². The van der Waals surface area contributed by atoms with Gasteiger partial charge in [-0.2, -0.15) is 0 Å². The molecule has 11 aromatic carbocycles. The molecule has 63 heavy (non-hydrogen) atoms. The molecule has 292 valence electrons. The molecule has 2 heterocycles. The molecule has 0 atom stereocenters. The van der Waals surface area contributed by atoms with Gasteiger partial charge in [0.2, 0.25) is 0 Å². The fourth-order valence-electron chi connectivity index (χ4n) is 9.91. The molecule has 4 heteroatoms. The third-order valence-corrected chi connectivity index (χ3v) is 12.8. The standard InChI is InChI=1S/C59H36N4/c1-2-16-37(17-3-1)57-60-58(62-59(61-57)54-36-39-18-4-5-19-43(39)44-20-6-11-25-49(44)54)41-32-40(33-42(34-41)63-55-28-14-12-26-51(55)52-27-13-15-29-56(52)63)38-30-31-50-47-23-8-7-21-45(47)46-22-9-10-24-48(46)53(50)35-38/h1-36H. The number of hydrogen-bond donors (Lipinski definition) is 0. The topological polar surface area (TPSA) is 43.6 Å². The molecule has 0 aliphatic carbocycles. The molecule has 0 spiro atoms. The molecule has 0 saturated heterocycles. The molecule has 0 amide bonds. The van der Waals surface area contributed by atoms with Crippen molar-refractivity contribution in [2.45, 2.75) is 0 Å². The summed E-state index contributed by atoms with van der Waals surface area (Å²) < 4.78 is 2.39. The fourth-order valence-corrected chi connectivity index (χ4v) is 9.91. The average molecular weight is 801 g/mol. The number of hydrogen-bond acceptors (Lipinski definition) is 3. The molecule has 0 aliphatic heterocycles. The van der Waals surface area contributed by atoms with Crippen LogP contribution in [0.5, 0.6) is 0 Å². The number of nitrogens with zero attached hydrogens (tertiary/aromatic N) is 4. The predicted molar refractivity (Wildman–Crippen MR) is 263 cm³/mol. The van der Waals surface area contributed by atoms with E-state index < -0.39 is 0 Å². The predicted octanol–water partition coefficient (Wildman–Crippen LogP) is 15.4. The van der Waals surface area contributed by atoms with Crippen molar-refractivity contribution in [2.75, 3.05) is 0 Å². The number of fused-ring (bicyclic) bond motifs is 12. The molecule has 0 unspecified atom stereocenters. The zero-order chi connectivity index (χ0) is 41.4. The van der Waals surface area contributed by atoms with Crippen molar-refractivity contribution in [3.8, 4) is 51.0 Å². The van der Waals surface area contributed by atoms with Gasteiger partial charge >= 0.3 is 0 Å². The third kappa shape index (κ3) is 5.66. The van der Waals surface area contributed by atoms with Crippen molar-refractivity contribution in [3.63, 3.8) is 0 Å². The van der Waals surface area contributed by atoms with E-state index in [1.165, 1.54) is 53.9 Å². The van der Waals surface area contributed by atoms with E-state index in [4.69, 9.17) is 15.0 Å². The Hall–Kier alpha value is -8.47. The lowest BCUT2D eigenvalue weighted by atomic mass is 9.91. The van der Waals surface area contributed by atoms with Crippen molar-refractivity contribution in [3.05, 3.63) is 218 Å². The maximum absolute atomic E-state index is 5.43. The van der Waals surface area contributed by atoms with Crippen LogP contribution in [0.15, 0.2) is 218 Å². The second kappa shape index (κ2) is 14.1. The van der Waals surface area contributed by atoms with Gasteiger partial charge in [-0.1, -0.05) is 176 Å². The van der Waals surface area contributed by atoms with E-state index in [0.29, 0.717) is 17.5 Å². The fraction of sp³-hybridized carbons (Fsp3) is 0. The van der Waals surface area contributed by atoms with Gasteiger partial charge in [0.15, 0.2) is 17.5 Å². The van der Waals surface area contributed by atoms with Crippen LogP contribution in [0.2, 0.25) is 0 Å². The van der Waals surface area contributed by atoms with E-state index in [-0.39, 0.29) is 0 Å². The second-order valence-corrected chi connectivity index (χ2v) is 16.4. The van der Waals surface area contributed by atoms with Crippen LogP contribution in [0.3, 0.4) is 0 Å². The Morgan fingerprint density at radius 2 is 0.714 bits per heavy atom. The largest absolute Gasteiger partial charge is 0.309 e. The molecule has 0 radical (unpaired) electrons. The Bertz CT molecular complexity index is 3890. The minimum atomic E-state index is 0.609. The van der Waals surface area contributed by atoms with E-state index in [0.717, 1.165) is 55.3 Å². The van der Waals surface area contributed by atoms with Gasteiger partial charge in [0, 0.05) is 33.2 Å². The monoisotopic (exact) mass is 800 g/mol. The lowest BCUT2D eigenvalue weighted by molar-refractivity contribution is 1.07. The molecule has 0 fully saturated rings. The first-order valence-electron chi connectivity index (χ1n) is 21.4. The van der Waals surface area contributed by atoms with Gasteiger partial charge in [0.1, 0.15) is 0 Å². The maximum Gasteiger partial charge on any atom is 0.164 e. The van der Waals surface area contributed by atoms with Crippen molar-refractivity contribution in [1.29, 1.82) is 0 Å². The Kier molecular flexibility index (Phi) is 7.87. The summed E-state index contributed by atoms with van der Waals surface area (Å²) in [6.45, 7) is 0. The molecule has 0 bridgehead atoms. The average Bonchev–Trinajstić information content (AvgIpc) is 3.70. The van der Waals surface area contributed by atoms with Gasteiger partial charge in [-0.15, -0.1) is 0 Å². The Labute approximate surface area is 363 Å². The van der Waals surface area contributed by atoms with Gasteiger partial charge in [-0.25, -0.2) is 15.0 Å². The molecule has 0 N–H and O–H groups in total. The summed E-state index contributed by atoms with van der Waals surface area (Å²) in [6, 6.07) is 78.3. The molecular weight excluding hydrogens is 765 g/mol. The third-order valence-electron chi connectivity index (χ3n) is 12.8. The summed E-state index contributed by atoms with van der Waals surface area (Å²) in [5.41, 5.74) is 8.30. The smallest absolute Gasteiger partial charge is 0.164 e. The highest BCUT2D eigenvalue weighted by Crippen LogP contribution is 2.41. The van der Waals surface area contributed by atoms with Crippen LogP contribution in [0, 0.1) is 0 Å². The van der Waals surface area contributed by atoms with Gasteiger partial charge in [0.25, 0.3) is 0 Å². The molecule has 0 saturated carbocycles. The number of rotatable bonds is 5. The van der Waals surface area contributed by atoms with Crippen molar-refractivity contribution in [2.24, 2.45) is 0 Å². The van der Waals surface area contributed by atoms with E-state index in [9.17, 15) is 0 Å². The first-order chi connectivity index (χ1) is 31.2. The number of para-hydroxylation sites is 2. The molecule has 13 rings (SSSR count). The summed E-state index contributed by atoms with van der Waals surface area (Å²) in [4.78, 5) is 16.0. The molecule has 2 aromatic heterocycles. The van der Waals surface area contributed by atoms with Crippen molar-refractivity contribution >= 4 is 75.7 Å². The summed E-state index contributed by atoms with van der Waals surface area (Å²) in [7, 11) is 0. The number of aromatic nitrogens is 4. The lowest BCUT2D eigenvalue weighted by Gasteiger charge is -2.16. The SMILES string of the molecule is c1ccc(-c2nc(-c3cc(-c4ccc5c6ccccc6c6ccccc6c5c4)cc(-n4c5ccccc5c5ccccc54)c3)nc(-c3cc4ccccc4c4ccccc34)n2)cc1. The lowest BCUT2D eigenvalue weighted by Crippen LogP contribution is -2.02. The number of benzene rings is 11. The summed E-state index contributed by atoms with van der Waals surface area (Å²) in [5.74, 6) is 1.87. The maximum atomic E-state index is 5.43. The first-order valence-corrected chi connectivity index (χ1v) is 21.4. The zero-order valence-corrected chi connectivity index (χ0v) is 34.1. The Morgan fingerprint density at radius 1 is 0.254 bits per heavy atom. The highest BCUT2D eigenvalue weighted by atomic mass is 15.0. The first kappa shape index (κ1) is 35.3. The van der Waals surface area contributed by atoms with Crippen LogP contribution in [-0.4, -0.2) is 19.5 Å². The molecule has 4 nitrogen and oxygen atoms in total. The van der Waals surface area contributed by atoms with Crippen molar-refractivity contribution < 1.29 is 0 Å². The minimum absolute atomic E-state index is 0.609. The summed E-state index contributed by atoms with van der Waals surface area (Å²) in [6.07, 6.45) is 0. The van der Waals surface area contributed by atoms with Crippen LogP contribution >= 0.6 is 0 Å². The molecular formula is C59H36N4. The quantitative estimate of drug-likeness (QED) is 0.163. The Balaban J connectivity index is 1.11. The van der Waals surface area contributed by atoms with E-state index in [1.807, 2.05) is 18.2 Å². The van der Waals surface area contributed by atoms with Gasteiger partial charge < -0.3 is 4.57 Å². The summed E-state index contributed by atoms with van der Waals surface area (Å²) in [5, 5.41) is 14.5.